The maximum absolute atomic E-state index is 11.9. The van der Waals surface area contributed by atoms with Gasteiger partial charge in [0.25, 0.3) is 10.2 Å². The van der Waals surface area contributed by atoms with Crippen molar-refractivity contribution in [2.45, 2.75) is 31.9 Å². The minimum Gasteiger partial charge on any atom is -0.317 e. The second-order valence-corrected chi connectivity index (χ2v) is 7.40. The summed E-state index contributed by atoms with van der Waals surface area (Å²) in [6, 6.07) is 0. The van der Waals surface area contributed by atoms with Gasteiger partial charge in [0, 0.05) is 25.4 Å². The van der Waals surface area contributed by atoms with Gasteiger partial charge in [-0.15, -0.1) is 0 Å². The van der Waals surface area contributed by atoms with Gasteiger partial charge in [-0.1, -0.05) is 13.8 Å². The van der Waals surface area contributed by atoms with E-state index in [1.165, 1.54) is 4.31 Å². The second-order valence-electron chi connectivity index (χ2n) is 4.26. The van der Waals surface area contributed by atoms with Crippen LogP contribution in [0.1, 0.15) is 26.7 Å². The molecule has 0 rings (SSSR count). The summed E-state index contributed by atoms with van der Waals surface area (Å²) < 4.78 is 27.7. The molecule has 0 aromatic heterocycles. The normalized spacial score (nSPS) is 14.1. The fourth-order valence-electron chi connectivity index (χ4n) is 1.34. The Morgan fingerprint density at radius 3 is 2.56 bits per heavy atom. The topological polar surface area (TPSA) is 61.4 Å². The standard InChI is InChI=1S/C11H27N3O2S2/c1-5-12-8-6-10-14(3)18(15,16)13-9-7-11(2)17-4/h11-13H,5-10H2,1-4H3. The van der Waals surface area contributed by atoms with Crippen molar-refractivity contribution < 1.29 is 8.42 Å². The molecule has 1 unspecified atom stereocenters. The third kappa shape index (κ3) is 8.31. The summed E-state index contributed by atoms with van der Waals surface area (Å²) in [6.45, 7) is 6.94. The van der Waals surface area contributed by atoms with Gasteiger partial charge in [0.05, 0.1) is 0 Å². The lowest BCUT2D eigenvalue weighted by Crippen LogP contribution is -2.40. The molecule has 5 nitrogen and oxygen atoms in total. The van der Waals surface area contributed by atoms with Crippen molar-refractivity contribution in [2.75, 3.05) is 39.5 Å². The molecule has 0 radical (unpaired) electrons. The molecule has 7 heteroatoms. The number of rotatable bonds is 11. The van der Waals surface area contributed by atoms with Crippen LogP contribution in [0.15, 0.2) is 0 Å². The lowest BCUT2D eigenvalue weighted by atomic mass is 10.3. The molecule has 0 saturated carbocycles. The van der Waals surface area contributed by atoms with E-state index in [0.717, 1.165) is 25.9 Å². The van der Waals surface area contributed by atoms with Crippen LogP contribution in [-0.2, 0) is 10.2 Å². The van der Waals surface area contributed by atoms with Gasteiger partial charge in [-0.05, 0) is 32.2 Å². The fourth-order valence-corrected chi connectivity index (χ4v) is 2.66. The molecule has 0 amide bonds. The Morgan fingerprint density at radius 1 is 1.33 bits per heavy atom. The van der Waals surface area contributed by atoms with Gasteiger partial charge in [0.2, 0.25) is 0 Å². The Kier molecular flexibility index (Phi) is 10.1. The van der Waals surface area contributed by atoms with Gasteiger partial charge in [0.15, 0.2) is 0 Å². The summed E-state index contributed by atoms with van der Waals surface area (Å²) in [5, 5.41) is 3.65. The first-order valence-corrected chi connectivity index (χ1v) is 9.11. The molecule has 0 heterocycles. The molecular formula is C11H27N3O2S2. The maximum Gasteiger partial charge on any atom is 0.279 e. The van der Waals surface area contributed by atoms with Crippen molar-refractivity contribution in [1.82, 2.24) is 14.3 Å². The molecule has 2 N–H and O–H groups in total. The van der Waals surface area contributed by atoms with E-state index in [0.29, 0.717) is 18.3 Å². The van der Waals surface area contributed by atoms with Crippen LogP contribution in [0, 0.1) is 0 Å². The Morgan fingerprint density at radius 2 is 2.00 bits per heavy atom. The highest BCUT2D eigenvalue weighted by Crippen LogP contribution is 2.08. The highest BCUT2D eigenvalue weighted by Gasteiger charge is 2.16. The van der Waals surface area contributed by atoms with Crippen molar-refractivity contribution in [1.29, 1.82) is 0 Å². The summed E-state index contributed by atoms with van der Waals surface area (Å²) in [6.07, 6.45) is 3.71. The van der Waals surface area contributed by atoms with E-state index >= 15 is 0 Å². The highest BCUT2D eigenvalue weighted by atomic mass is 32.2. The first kappa shape index (κ1) is 18.2. The summed E-state index contributed by atoms with van der Waals surface area (Å²) in [5.74, 6) is 0. The largest absolute Gasteiger partial charge is 0.317 e. The zero-order valence-electron chi connectivity index (χ0n) is 11.9. The van der Waals surface area contributed by atoms with E-state index in [4.69, 9.17) is 0 Å². The zero-order chi connectivity index (χ0) is 14.0. The first-order chi connectivity index (χ1) is 8.44. The van der Waals surface area contributed by atoms with Crippen LogP contribution in [0.3, 0.4) is 0 Å². The predicted molar refractivity (Wildman–Crippen MR) is 80.3 cm³/mol. The van der Waals surface area contributed by atoms with E-state index in [1.807, 2.05) is 13.2 Å². The average molecular weight is 297 g/mol. The Hall–Kier alpha value is 0.180. The Labute approximate surface area is 116 Å². The minimum absolute atomic E-state index is 0.478. The van der Waals surface area contributed by atoms with E-state index < -0.39 is 10.2 Å². The molecule has 0 bridgehead atoms. The number of nitrogens with zero attached hydrogens (tertiary/aromatic N) is 1. The third-order valence-electron chi connectivity index (χ3n) is 2.72. The SMILES string of the molecule is CCNCCCN(C)S(=O)(=O)NCCC(C)SC. The average Bonchev–Trinajstić information content (AvgIpc) is 2.33. The van der Waals surface area contributed by atoms with Gasteiger partial charge in [0.1, 0.15) is 0 Å². The lowest BCUT2D eigenvalue weighted by Gasteiger charge is -2.18. The van der Waals surface area contributed by atoms with Crippen molar-refractivity contribution >= 4 is 22.0 Å². The van der Waals surface area contributed by atoms with E-state index in [2.05, 4.69) is 17.0 Å². The molecule has 0 aromatic rings. The Bertz CT molecular complexity index is 297. The Balaban J connectivity index is 3.89. The second kappa shape index (κ2) is 10.0. The van der Waals surface area contributed by atoms with Gasteiger partial charge in [-0.3, -0.25) is 0 Å². The van der Waals surface area contributed by atoms with E-state index in [9.17, 15) is 8.42 Å². The maximum atomic E-state index is 11.9. The zero-order valence-corrected chi connectivity index (χ0v) is 13.5. The molecule has 0 aliphatic carbocycles. The van der Waals surface area contributed by atoms with Gasteiger partial charge in [-0.25, -0.2) is 4.72 Å². The summed E-state index contributed by atoms with van der Waals surface area (Å²) >= 11 is 1.75. The molecule has 0 aliphatic heterocycles. The molecule has 18 heavy (non-hydrogen) atoms. The van der Waals surface area contributed by atoms with Crippen LogP contribution in [0.2, 0.25) is 0 Å². The van der Waals surface area contributed by atoms with Crippen molar-refractivity contribution in [3.8, 4) is 0 Å². The third-order valence-corrected chi connectivity index (χ3v) is 5.34. The van der Waals surface area contributed by atoms with Crippen LogP contribution in [-0.4, -0.2) is 57.5 Å². The summed E-state index contributed by atoms with van der Waals surface area (Å²) in [5.41, 5.74) is 0. The molecular weight excluding hydrogens is 270 g/mol. The number of thioether (sulfide) groups is 1. The number of nitrogens with one attached hydrogen (secondary N) is 2. The highest BCUT2D eigenvalue weighted by molar-refractivity contribution is 7.99. The minimum atomic E-state index is -3.31. The summed E-state index contributed by atoms with van der Waals surface area (Å²) in [4.78, 5) is 0. The molecule has 0 spiro atoms. The predicted octanol–water partition coefficient (Wildman–Crippen LogP) is 0.894. The smallest absolute Gasteiger partial charge is 0.279 e. The molecule has 1 atom stereocenters. The molecule has 0 aliphatic rings. The fraction of sp³-hybridized carbons (Fsp3) is 1.00. The van der Waals surface area contributed by atoms with Gasteiger partial charge >= 0.3 is 0 Å². The van der Waals surface area contributed by atoms with Crippen LogP contribution >= 0.6 is 11.8 Å². The van der Waals surface area contributed by atoms with Crippen LogP contribution in [0.4, 0.5) is 0 Å². The number of hydrogen-bond acceptors (Lipinski definition) is 4. The molecule has 0 fully saturated rings. The van der Waals surface area contributed by atoms with E-state index in [-0.39, 0.29) is 0 Å². The van der Waals surface area contributed by atoms with Crippen LogP contribution in [0.5, 0.6) is 0 Å². The summed E-state index contributed by atoms with van der Waals surface area (Å²) in [7, 11) is -1.69. The lowest BCUT2D eigenvalue weighted by molar-refractivity contribution is 0.445. The van der Waals surface area contributed by atoms with Gasteiger partial charge < -0.3 is 5.32 Å². The first-order valence-electron chi connectivity index (χ1n) is 6.38. The molecule has 0 saturated heterocycles. The van der Waals surface area contributed by atoms with E-state index in [1.54, 1.807) is 18.8 Å². The van der Waals surface area contributed by atoms with Crippen LogP contribution in [0.25, 0.3) is 0 Å². The quantitative estimate of drug-likeness (QED) is 0.556. The van der Waals surface area contributed by atoms with Crippen molar-refractivity contribution in [3.63, 3.8) is 0 Å². The van der Waals surface area contributed by atoms with Crippen molar-refractivity contribution in [3.05, 3.63) is 0 Å². The monoisotopic (exact) mass is 297 g/mol. The van der Waals surface area contributed by atoms with Crippen molar-refractivity contribution in [2.24, 2.45) is 0 Å². The molecule has 110 valence electrons. The van der Waals surface area contributed by atoms with Gasteiger partial charge in [-0.2, -0.15) is 24.5 Å². The molecule has 0 aromatic carbocycles. The number of hydrogen-bond donors (Lipinski definition) is 2. The van der Waals surface area contributed by atoms with Crippen LogP contribution < -0.4 is 10.0 Å².